The summed E-state index contributed by atoms with van der Waals surface area (Å²) in [4.78, 5) is 4.76. The van der Waals surface area contributed by atoms with Crippen LogP contribution in [0.3, 0.4) is 0 Å². The van der Waals surface area contributed by atoms with Crippen molar-refractivity contribution >= 4 is 5.69 Å². The molecule has 0 aliphatic heterocycles. The molecule has 3 aromatic rings. The monoisotopic (exact) mass is 302 g/mol. The maximum Gasteiger partial charge on any atom is 0.0795 e. The van der Waals surface area contributed by atoms with E-state index >= 15 is 0 Å². The van der Waals surface area contributed by atoms with Gasteiger partial charge in [-0.15, -0.1) is 0 Å². The van der Waals surface area contributed by atoms with Crippen LogP contribution in [0.1, 0.15) is 28.4 Å². The molecule has 1 atom stereocenters. The SMILES string of the molecule is Cc1nc2c(cc1CO)C(Nc1ccccc1)c1ccccc1-2. The van der Waals surface area contributed by atoms with E-state index in [1.165, 1.54) is 11.1 Å². The molecule has 1 heterocycles. The fourth-order valence-corrected chi connectivity index (χ4v) is 3.25. The summed E-state index contributed by atoms with van der Waals surface area (Å²) in [6.07, 6.45) is 0. The van der Waals surface area contributed by atoms with Crippen LogP contribution in [0.15, 0.2) is 60.7 Å². The first-order valence-corrected chi connectivity index (χ1v) is 7.80. The Morgan fingerprint density at radius 1 is 1.00 bits per heavy atom. The molecular formula is C20H18N2O. The molecule has 2 N–H and O–H groups in total. The lowest BCUT2D eigenvalue weighted by molar-refractivity contribution is 0.280. The van der Waals surface area contributed by atoms with Gasteiger partial charge in [0.05, 0.1) is 18.3 Å². The van der Waals surface area contributed by atoms with Gasteiger partial charge in [0.25, 0.3) is 0 Å². The van der Waals surface area contributed by atoms with E-state index in [-0.39, 0.29) is 12.6 Å². The average Bonchev–Trinajstić information content (AvgIpc) is 2.88. The lowest BCUT2D eigenvalue weighted by atomic mass is 10.0. The van der Waals surface area contributed by atoms with E-state index in [9.17, 15) is 5.11 Å². The summed E-state index contributed by atoms with van der Waals surface area (Å²) in [5.74, 6) is 0. The lowest BCUT2D eigenvalue weighted by Crippen LogP contribution is -2.10. The molecule has 114 valence electrons. The highest BCUT2D eigenvalue weighted by Crippen LogP contribution is 2.44. The molecule has 23 heavy (non-hydrogen) atoms. The summed E-state index contributed by atoms with van der Waals surface area (Å²) >= 11 is 0. The maximum atomic E-state index is 9.58. The Hall–Kier alpha value is -2.65. The summed E-state index contributed by atoms with van der Waals surface area (Å²) < 4.78 is 0. The largest absolute Gasteiger partial charge is 0.392 e. The Kier molecular flexibility index (Phi) is 3.36. The van der Waals surface area contributed by atoms with E-state index in [0.29, 0.717) is 0 Å². The molecule has 2 aromatic carbocycles. The zero-order chi connectivity index (χ0) is 15.8. The van der Waals surface area contributed by atoms with Crippen LogP contribution in [-0.4, -0.2) is 10.1 Å². The Morgan fingerprint density at radius 3 is 2.52 bits per heavy atom. The summed E-state index contributed by atoms with van der Waals surface area (Å²) in [5.41, 5.74) is 7.40. The molecule has 0 fully saturated rings. The fourth-order valence-electron chi connectivity index (χ4n) is 3.25. The molecule has 1 aliphatic rings. The number of hydrogen-bond acceptors (Lipinski definition) is 3. The zero-order valence-corrected chi connectivity index (χ0v) is 13.0. The van der Waals surface area contributed by atoms with Crippen molar-refractivity contribution in [2.45, 2.75) is 19.6 Å². The fraction of sp³-hybridized carbons (Fsp3) is 0.150. The Morgan fingerprint density at radius 2 is 1.74 bits per heavy atom. The Bertz CT molecular complexity index is 859. The highest BCUT2D eigenvalue weighted by Gasteiger charge is 2.30. The van der Waals surface area contributed by atoms with Crippen molar-refractivity contribution in [1.29, 1.82) is 0 Å². The van der Waals surface area contributed by atoms with Crippen LogP contribution in [0.5, 0.6) is 0 Å². The first kappa shape index (κ1) is 14.0. The first-order chi connectivity index (χ1) is 11.3. The summed E-state index contributed by atoms with van der Waals surface area (Å²) in [7, 11) is 0. The second-order valence-electron chi connectivity index (χ2n) is 5.86. The number of anilines is 1. The van der Waals surface area contributed by atoms with Gasteiger partial charge in [-0.25, -0.2) is 0 Å². The van der Waals surface area contributed by atoms with Gasteiger partial charge in [-0.05, 0) is 36.2 Å². The second kappa shape index (κ2) is 5.52. The van der Waals surface area contributed by atoms with Gasteiger partial charge in [-0.2, -0.15) is 0 Å². The van der Waals surface area contributed by atoms with Crippen LogP contribution in [0.4, 0.5) is 5.69 Å². The van der Waals surface area contributed by atoms with Crippen molar-refractivity contribution < 1.29 is 5.11 Å². The molecule has 0 amide bonds. The summed E-state index contributed by atoms with van der Waals surface area (Å²) in [6.45, 7) is 1.97. The molecule has 0 saturated heterocycles. The molecule has 0 bridgehead atoms. The standard InChI is InChI=1S/C20H18N2O/c1-13-14(12-23)11-18-19(21-13)16-9-5-6-10-17(16)20(18)22-15-7-3-2-4-8-15/h2-11,20,22-23H,12H2,1H3. The third-order valence-electron chi connectivity index (χ3n) is 4.44. The topological polar surface area (TPSA) is 45.2 Å². The summed E-state index contributed by atoms with van der Waals surface area (Å²) in [5, 5.41) is 13.2. The van der Waals surface area contributed by atoms with Crippen LogP contribution < -0.4 is 5.32 Å². The number of nitrogens with zero attached hydrogens (tertiary/aromatic N) is 1. The van der Waals surface area contributed by atoms with Crippen LogP contribution in [0.2, 0.25) is 0 Å². The number of hydrogen-bond donors (Lipinski definition) is 2. The normalized spacial score (nSPS) is 15.1. The number of nitrogens with one attached hydrogen (secondary N) is 1. The quantitative estimate of drug-likeness (QED) is 0.767. The number of aliphatic hydroxyl groups is 1. The van der Waals surface area contributed by atoms with Gasteiger partial charge in [0.1, 0.15) is 0 Å². The van der Waals surface area contributed by atoms with E-state index < -0.39 is 0 Å². The summed E-state index contributed by atoms with van der Waals surface area (Å²) in [6, 6.07) is 20.7. The smallest absolute Gasteiger partial charge is 0.0795 e. The Labute approximate surface area is 135 Å². The molecule has 3 nitrogen and oxygen atoms in total. The predicted molar refractivity (Wildman–Crippen MR) is 92.2 cm³/mol. The van der Waals surface area contributed by atoms with Gasteiger partial charge in [-0.1, -0.05) is 42.5 Å². The van der Waals surface area contributed by atoms with Gasteiger partial charge >= 0.3 is 0 Å². The molecule has 1 unspecified atom stereocenters. The van der Waals surface area contributed by atoms with Crippen LogP contribution in [0, 0.1) is 6.92 Å². The van der Waals surface area contributed by atoms with Crippen molar-refractivity contribution in [3.05, 3.63) is 83.0 Å². The predicted octanol–water partition coefficient (Wildman–Crippen LogP) is 4.06. The van der Waals surface area contributed by atoms with Gasteiger partial charge in [0, 0.05) is 22.5 Å². The van der Waals surface area contributed by atoms with Crippen molar-refractivity contribution in [2.75, 3.05) is 5.32 Å². The van der Waals surface area contributed by atoms with Crippen LogP contribution >= 0.6 is 0 Å². The molecule has 1 aliphatic carbocycles. The number of pyridine rings is 1. The molecule has 0 saturated carbocycles. The maximum absolute atomic E-state index is 9.58. The first-order valence-electron chi connectivity index (χ1n) is 7.80. The molecule has 0 spiro atoms. The van der Waals surface area contributed by atoms with E-state index in [1.54, 1.807) is 0 Å². The number of benzene rings is 2. The Balaban J connectivity index is 1.87. The van der Waals surface area contributed by atoms with Crippen molar-refractivity contribution in [3.8, 4) is 11.3 Å². The molecule has 3 heteroatoms. The number of aryl methyl sites for hydroxylation is 1. The van der Waals surface area contributed by atoms with Gasteiger partial charge in [0.2, 0.25) is 0 Å². The zero-order valence-electron chi connectivity index (χ0n) is 13.0. The van der Waals surface area contributed by atoms with E-state index in [1.807, 2.05) is 31.2 Å². The minimum atomic E-state index is 0.0144. The minimum absolute atomic E-state index is 0.0144. The lowest BCUT2D eigenvalue weighted by Gasteiger charge is -2.18. The number of fused-ring (bicyclic) bond motifs is 3. The average molecular weight is 302 g/mol. The third-order valence-corrected chi connectivity index (χ3v) is 4.44. The van der Waals surface area contributed by atoms with Gasteiger partial charge in [0.15, 0.2) is 0 Å². The number of rotatable bonds is 3. The van der Waals surface area contributed by atoms with Crippen LogP contribution in [0.25, 0.3) is 11.3 Å². The van der Waals surface area contributed by atoms with Gasteiger partial charge < -0.3 is 10.4 Å². The second-order valence-corrected chi connectivity index (χ2v) is 5.86. The van der Waals surface area contributed by atoms with E-state index in [4.69, 9.17) is 4.98 Å². The van der Waals surface area contributed by atoms with Crippen molar-refractivity contribution in [3.63, 3.8) is 0 Å². The number of aliphatic hydroxyl groups excluding tert-OH is 1. The molecule has 1 aromatic heterocycles. The van der Waals surface area contributed by atoms with Gasteiger partial charge in [-0.3, -0.25) is 4.98 Å². The molecule has 4 rings (SSSR count). The highest BCUT2D eigenvalue weighted by molar-refractivity contribution is 5.77. The number of aromatic nitrogens is 1. The molecular weight excluding hydrogens is 284 g/mol. The van der Waals surface area contributed by atoms with Crippen LogP contribution in [-0.2, 0) is 6.61 Å². The van der Waals surface area contributed by atoms with Crippen molar-refractivity contribution in [2.24, 2.45) is 0 Å². The third kappa shape index (κ3) is 2.30. The minimum Gasteiger partial charge on any atom is -0.392 e. The van der Waals surface area contributed by atoms with E-state index in [0.717, 1.165) is 28.2 Å². The molecule has 0 radical (unpaired) electrons. The van der Waals surface area contributed by atoms with Crippen molar-refractivity contribution in [1.82, 2.24) is 4.98 Å². The van der Waals surface area contributed by atoms with E-state index in [2.05, 4.69) is 41.7 Å². The highest BCUT2D eigenvalue weighted by atomic mass is 16.3. The number of para-hydroxylation sites is 1.